The van der Waals surface area contributed by atoms with Crippen molar-refractivity contribution in [1.82, 2.24) is 5.32 Å². The molecule has 1 saturated heterocycles. The fourth-order valence-corrected chi connectivity index (χ4v) is 2.80. The Bertz CT molecular complexity index is 484. The monoisotopic (exact) mass is 291 g/mol. The second-order valence-electron chi connectivity index (χ2n) is 5.97. The van der Waals surface area contributed by atoms with Gasteiger partial charge in [0.15, 0.2) is 0 Å². The van der Waals surface area contributed by atoms with Crippen molar-refractivity contribution in [3.8, 4) is 0 Å². The average molecular weight is 291 g/mol. The van der Waals surface area contributed by atoms with E-state index < -0.39 is 0 Å². The molecule has 0 spiro atoms. The number of rotatable bonds is 5. The molecule has 0 bridgehead atoms. The van der Waals surface area contributed by atoms with Crippen LogP contribution in [0.3, 0.4) is 0 Å². The van der Waals surface area contributed by atoms with Gasteiger partial charge in [0.2, 0.25) is 0 Å². The first-order valence-electron chi connectivity index (χ1n) is 7.55. The molecule has 116 valence electrons. The van der Waals surface area contributed by atoms with Crippen molar-refractivity contribution in [2.24, 2.45) is 0 Å². The first-order valence-corrected chi connectivity index (χ1v) is 7.55. The molecular weight excluding hydrogens is 266 g/mol. The summed E-state index contributed by atoms with van der Waals surface area (Å²) in [6, 6.07) is 4.07. The number of amides is 1. The highest BCUT2D eigenvalue weighted by Crippen LogP contribution is 2.16. The lowest BCUT2D eigenvalue weighted by atomic mass is 9.99. The van der Waals surface area contributed by atoms with Gasteiger partial charge in [-0.2, -0.15) is 0 Å². The summed E-state index contributed by atoms with van der Waals surface area (Å²) in [4.78, 5) is 12.4. The van der Waals surface area contributed by atoms with Crippen LogP contribution in [0.25, 0.3) is 0 Å². The van der Waals surface area contributed by atoms with Crippen molar-refractivity contribution < 1.29 is 14.3 Å². The van der Waals surface area contributed by atoms with Crippen LogP contribution in [0.2, 0.25) is 0 Å². The minimum atomic E-state index is -0.0243. The molecule has 1 aromatic rings. The number of benzene rings is 1. The maximum Gasteiger partial charge on any atom is 0.252 e. The molecule has 4 nitrogen and oxygen atoms in total. The van der Waals surface area contributed by atoms with Gasteiger partial charge >= 0.3 is 0 Å². The molecule has 1 aliphatic rings. The third-order valence-corrected chi connectivity index (χ3v) is 3.75. The Labute approximate surface area is 126 Å². The standard InChI is InChI=1S/C17H25NO3/c1-11-7-12(2)16(13(3)8-11)17(19)18-14(4)9-21-15-5-6-20-10-15/h7-8,14-15H,5-6,9-10H2,1-4H3,(H,18,19)/t14-,15-/m1/s1. The number of nitrogens with one attached hydrogen (secondary N) is 1. The highest BCUT2D eigenvalue weighted by Gasteiger charge is 2.19. The molecule has 0 radical (unpaired) electrons. The fourth-order valence-electron chi connectivity index (χ4n) is 2.80. The number of carbonyl (C=O) groups is 1. The van der Waals surface area contributed by atoms with Gasteiger partial charge in [0.1, 0.15) is 0 Å². The lowest BCUT2D eigenvalue weighted by Gasteiger charge is -2.18. The summed E-state index contributed by atoms with van der Waals surface area (Å²) in [7, 11) is 0. The van der Waals surface area contributed by atoms with Crippen LogP contribution in [0.15, 0.2) is 12.1 Å². The Balaban J connectivity index is 1.91. The molecule has 2 rings (SSSR count). The Morgan fingerprint density at radius 1 is 1.38 bits per heavy atom. The smallest absolute Gasteiger partial charge is 0.252 e. The highest BCUT2D eigenvalue weighted by atomic mass is 16.5. The van der Waals surface area contributed by atoms with Crippen molar-refractivity contribution in [2.75, 3.05) is 19.8 Å². The quantitative estimate of drug-likeness (QED) is 0.907. The van der Waals surface area contributed by atoms with Crippen LogP contribution in [-0.2, 0) is 9.47 Å². The molecule has 1 fully saturated rings. The molecule has 2 atom stereocenters. The van der Waals surface area contributed by atoms with E-state index in [2.05, 4.69) is 5.32 Å². The third-order valence-electron chi connectivity index (χ3n) is 3.75. The number of hydrogen-bond acceptors (Lipinski definition) is 3. The molecule has 0 unspecified atom stereocenters. The molecule has 1 amide bonds. The van der Waals surface area contributed by atoms with Gasteiger partial charge in [0.05, 0.1) is 19.3 Å². The van der Waals surface area contributed by atoms with Gasteiger partial charge < -0.3 is 14.8 Å². The van der Waals surface area contributed by atoms with Gasteiger partial charge in [-0.15, -0.1) is 0 Å². The summed E-state index contributed by atoms with van der Waals surface area (Å²) >= 11 is 0. The zero-order valence-electron chi connectivity index (χ0n) is 13.4. The van der Waals surface area contributed by atoms with Crippen molar-refractivity contribution in [1.29, 1.82) is 0 Å². The normalized spacial score (nSPS) is 19.5. The SMILES string of the molecule is Cc1cc(C)c(C(=O)N[C@H](C)CO[C@@H]2CCOC2)c(C)c1. The minimum Gasteiger partial charge on any atom is -0.379 e. The van der Waals surface area contributed by atoms with E-state index in [9.17, 15) is 4.79 Å². The van der Waals surface area contributed by atoms with Crippen molar-refractivity contribution in [3.63, 3.8) is 0 Å². The van der Waals surface area contributed by atoms with Crippen LogP contribution in [0.4, 0.5) is 0 Å². The summed E-state index contributed by atoms with van der Waals surface area (Å²) < 4.78 is 11.0. The Hall–Kier alpha value is -1.39. The van der Waals surface area contributed by atoms with E-state index >= 15 is 0 Å². The third kappa shape index (κ3) is 4.29. The maximum atomic E-state index is 12.4. The highest BCUT2D eigenvalue weighted by molar-refractivity contribution is 5.97. The Morgan fingerprint density at radius 3 is 2.62 bits per heavy atom. The van der Waals surface area contributed by atoms with E-state index in [4.69, 9.17) is 9.47 Å². The molecule has 0 aromatic heterocycles. The topological polar surface area (TPSA) is 47.6 Å². The predicted octanol–water partition coefficient (Wildman–Crippen LogP) is 2.54. The van der Waals surface area contributed by atoms with Crippen LogP contribution in [0, 0.1) is 20.8 Å². The fraction of sp³-hybridized carbons (Fsp3) is 0.588. The summed E-state index contributed by atoms with van der Waals surface area (Å²) in [5, 5.41) is 3.02. The zero-order valence-corrected chi connectivity index (χ0v) is 13.4. The van der Waals surface area contributed by atoms with E-state index in [-0.39, 0.29) is 18.1 Å². The van der Waals surface area contributed by atoms with Gasteiger partial charge in [0.25, 0.3) is 5.91 Å². The Kier molecular flexibility index (Phi) is 5.37. The van der Waals surface area contributed by atoms with Crippen molar-refractivity contribution >= 4 is 5.91 Å². The maximum absolute atomic E-state index is 12.4. The van der Waals surface area contributed by atoms with Gasteiger partial charge in [-0.1, -0.05) is 17.7 Å². The summed E-state index contributed by atoms with van der Waals surface area (Å²) in [5.74, 6) is -0.0243. The zero-order chi connectivity index (χ0) is 15.4. The van der Waals surface area contributed by atoms with Crippen molar-refractivity contribution in [2.45, 2.75) is 46.3 Å². The summed E-state index contributed by atoms with van der Waals surface area (Å²) in [6.45, 7) is 9.92. The van der Waals surface area contributed by atoms with Gasteiger partial charge in [-0.25, -0.2) is 0 Å². The predicted molar refractivity (Wildman–Crippen MR) is 82.8 cm³/mol. The molecule has 1 heterocycles. The summed E-state index contributed by atoms with van der Waals surface area (Å²) in [6.07, 6.45) is 1.11. The van der Waals surface area contributed by atoms with Crippen LogP contribution in [-0.4, -0.2) is 37.9 Å². The van der Waals surface area contributed by atoms with Gasteiger partial charge in [-0.05, 0) is 45.2 Å². The minimum absolute atomic E-state index is 0.0156. The molecule has 0 aliphatic carbocycles. The van der Waals surface area contributed by atoms with E-state index in [1.807, 2.05) is 39.8 Å². The van der Waals surface area contributed by atoms with Crippen LogP contribution >= 0.6 is 0 Å². The van der Waals surface area contributed by atoms with Gasteiger partial charge in [-0.3, -0.25) is 4.79 Å². The number of aryl methyl sites for hydroxylation is 3. The van der Waals surface area contributed by atoms with Crippen LogP contribution < -0.4 is 5.32 Å². The Morgan fingerprint density at radius 2 is 2.05 bits per heavy atom. The number of ether oxygens (including phenoxy) is 2. The van der Waals surface area contributed by atoms with Crippen LogP contribution in [0.1, 0.15) is 40.4 Å². The molecule has 1 aromatic carbocycles. The second kappa shape index (κ2) is 7.05. The van der Waals surface area contributed by atoms with E-state index in [1.165, 1.54) is 5.56 Å². The summed E-state index contributed by atoms with van der Waals surface area (Å²) in [5.41, 5.74) is 3.99. The first kappa shape index (κ1) is 16.0. The molecule has 0 saturated carbocycles. The second-order valence-corrected chi connectivity index (χ2v) is 5.97. The van der Waals surface area contributed by atoms with E-state index in [0.29, 0.717) is 13.2 Å². The molecule has 21 heavy (non-hydrogen) atoms. The first-order chi connectivity index (χ1) is 9.97. The number of carbonyl (C=O) groups excluding carboxylic acids is 1. The largest absolute Gasteiger partial charge is 0.379 e. The molecule has 1 N–H and O–H groups in total. The van der Waals surface area contributed by atoms with Gasteiger partial charge in [0, 0.05) is 18.2 Å². The molecule has 4 heteroatoms. The number of hydrogen-bond donors (Lipinski definition) is 1. The average Bonchev–Trinajstić information content (AvgIpc) is 2.88. The lowest BCUT2D eigenvalue weighted by molar-refractivity contribution is 0.0318. The lowest BCUT2D eigenvalue weighted by Crippen LogP contribution is -2.37. The molecular formula is C17H25NO3. The molecule has 1 aliphatic heterocycles. The van der Waals surface area contributed by atoms with Crippen LogP contribution in [0.5, 0.6) is 0 Å². The van der Waals surface area contributed by atoms with E-state index in [0.717, 1.165) is 29.7 Å². The van der Waals surface area contributed by atoms with E-state index in [1.54, 1.807) is 0 Å². The van der Waals surface area contributed by atoms with Crippen molar-refractivity contribution in [3.05, 3.63) is 34.4 Å².